The molecule has 0 unspecified atom stereocenters. The van der Waals surface area contributed by atoms with Crippen molar-refractivity contribution in [2.45, 2.75) is 12.6 Å². The van der Waals surface area contributed by atoms with Crippen LogP contribution >= 0.6 is 0 Å². The number of benzene rings is 2. The quantitative estimate of drug-likeness (QED) is 0.464. The molecular weight excluding hydrogens is 379 g/mol. The number of nitrogens with zero attached hydrogens (tertiary/aromatic N) is 1. The molecule has 0 bridgehead atoms. The monoisotopic (exact) mass is 393 g/mol. The van der Waals surface area contributed by atoms with Crippen LogP contribution in [0.3, 0.4) is 0 Å². The molecule has 10 heteroatoms. The Kier molecular flexibility index (Phi) is 5.48. The normalized spacial score (nSPS) is 12.8. The van der Waals surface area contributed by atoms with E-state index in [0.717, 1.165) is 18.2 Å². The van der Waals surface area contributed by atoms with E-state index in [9.17, 15) is 22.8 Å². The molecule has 0 saturated heterocycles. The van der Waals surface area contributed by atoms with E-state index < -0.39 is 30.0 Å². The van der Waals surface area contributed by atoms with Gasteiger partial charge in [-0.25, -0.2) is 5.43 Å². The zero-order valence-corrected chi connectivity index (χ0v) is 14.2. The minimum absolute atomic E-state index is 0.0588. The number of carbonyl (C=O) groups is 2. The molecule has 0 aromatic heterocycles. The third-order valence-electron chi connectivity index (χ3n) is 3.59. The predicted molar refractivity (Wildman–Crippen MR) is 93.0 cm³/mol. The summed E-state index contributed by atoms with van der Waals surface area (Å²) in [6.07, 6.45) is -3.78. The lowest BCUT2D eigenvalue weighted by molar-refractivity contribution is -0.137. The maximum Gasteiger partial charge on any atom is 0.416 e. The Morgan fingerprint density at radius 1 is 1.07 bits per heavy atom. The van der Waals surface area contributed by atoms with Crippen molar-refractivity contribution in [3.8, 4) is 11.5 Å². The Balaban J connectivity index is 1.50. The number of nitrogens with one attached hydrogen (secondary N) is 2. The second kappa shape index (κ2) is 7.99. The van der Waals surface area contributed by atoms with Gasteiger partial charge >= 0.3 is 6.18 Å². The number of ether oxygens (including phenoxy) is 2. The molecule has 0 spiro atoms. The van der Waals surface area contributed by atoms with Crippen LogP contribution in [0.25, 0.3) is 0 Å². The van der Waals surface area contributed by atoms with E-state index in [2.05, 4.69) is 15.8 Å². The summed E-state index contributed by atoms with van der Waals surface area (Å²) in [5, 5.41) is 5.96. The first-order valence-electron chi connectivity index (χ1n) is 8.00. The molecule has 1 aliphatic heterocycles. The van der Waals surface area contributed by atoms with Crippen LogP contribution in [0.2, 0.25) is 0 Å². The SMILES string of the molecule is O=C(CC(=O)Nc1cccc(C(F)(F)F)c1)N/N=C\c1ccc2c(c1)OCO2. The number of anilines is 1. The number of hydrazone groups is 1. The van der Waals surface area contributed by atoms with Crippen molar-refractivity contribution in [3.05, 3.63) is 53.6 Å². The molecule has 2 amide bonds. The second-order valence-corrected chi connectivity index (χ2v) is 5.71. The van der Waals surface area contributed by atoms with Crippen molar-refractivity contribution in [2.75, 3.05) is 12.1 Å². The van der Waals surface area contributed by atoms with Gasteiger partial charge < -0.3 is 14.8 Å². The fraction of sp³-hybridized carbons (Fsp3) is 0.167. The smallest absolute Gasteiger partial charge is 0.416 e. The topological polar surface area (TPSA) is 89.0 Å². The number of carbonyl (C=O) groups excluding carboxylic acids is 2. The molecule has 2 N–H and O–H groups in total. The molecular formula is C18H14F3N3O4. The summed E-state index contributed by atoms with van der Waals surface area (Å²) in [5.74, 6) is -0.334. The summed E-state index contributed by atoms with van der Waals surface area (Å²) in [4.78, 5) is 23.5. The molecule has 28 heavy (non-hydrogen) atoms. The van der Waals surface area contributed by atoms with E-state index >= 15 is 0 Å². The highest BCUT2D eigenvalue weighted by Crippen LogP contribution is 2.32. The van der Waals surface area contributed by atoms with Crippen LogP contribution in [-0.4, -0.2) is 24.8 Å². The summed E-state index contributed by atoms with van der Waals surface area (Å²) in [6.45, 7) is 0.133. The van der Waals surface area contributed by atoms with Crippen molar-refractivity contribution in [1.82, 2.24) is 5.43 Å². The Morgan fingerprint density at radius 3 is 2.64 bits per heavy atom. The van der Waals surface area contributed by atoms with Crippen LogP contribution in [0.5, 0.6) is 11.5 Å². The number of fused-ring (bicyclic) bond motifs is 1. The van der Waals surface area contributed by atoms with Gasteiger partial charge in [0, 0.05) is 5.69 Å². The van der Waals surface area contributed by atoms with E-state index in [-0.39, 0.29) is 12.5 Å². The van der Waals surface area contributed by atoms with Gasteiger partial charge in [-0.2, -0.15) is 18.3 Å². The molecule has 0 atom stereocenters. The largest absolute Gasteiger partial charge is 0.454 e. The molecule has 3 rings (SSSR count). The number of rotatable bonds is 5. The number of hydrogen-bond acceptors (Lipinski definition) is 5. The number of amides is 2. The van der Waals surface area contributed by atoms with Gasteiger partial charge in [-0.1, -0.05) is 6.07 Å². The average molecular weight is 393 g/mol. The van der Waals surface area contributed by atoms with Crippen LogP contribution in [0, 0.1) is 0 Å². The molecule has 2 aromatic rings. The molecule has 0 aliphatic carbocycles. The van der Waals surface area contributed by atoms with E-state index in [0.29, 0.717) is 17.1 Å². The standard InChI is InChI=1S/C18H14F3N3O4/c19-18(20,21)12-2-1-3-13(7-12)23-16(25)8-17(26)24-22-9-11-4-5-14-15(6-11)28-10-27-14/h1-7,9H,8,10H2,(H,23,25)(H,24,26)/b22-9-. The van der Waals surface area contributed by atoms with Gasteiger partial charge in [-0.15, -0.1) is 0 Å². The highest BCUT2D eigenvalue weighted by atomic mass is 19.4. The van der Waals surface area contributed by atoms with Gasteiger partial charge in [0.2, 0.25) is 18.6 Å². The van der Waals surface area contributed by atoms with Crippen LogP contribution in [0.1, 0.15) is 17.5 Å². The Bertz CT molecular complexity index is 929. The lowest BCUT2D eigenvalue weighted by Crippen LogP contribution is -2.24. The van der Waals surface area contributed by atoms with Crippen LogP contribution in [0.15, 0.2) is 47.6 Å². The minimum Gasteiger partial charge on any atom is -0.454 e. The third-order valence-corrected chi connectivity index (χ3v) is 3.59. The maximum absolute atomic E-state index is 12.7. The number of alkyl halides is 3. The van der Waals surface area contributed by atoms with Gasteiger partial charge in [0.15, 0.2) is 11.5 Å². The molecule has 0 saturated carbocycles. The van der Waals surface area contributed by atoms with Crippen molar-refractivity contribution >= 4 is 23.7 Å². The molecule has 0 fully saturated rings. The van der Waals surface area contributed by atoms with Crippen molar-refractivity contribution in [3.63, 3.8) is 0 Å². The average Bonchev–Trinajstić information content (AvgIpc) is 3.09. The molecule has 1 aliphatic rings. The van der Waals surface area contributed by atoms with Crippen LogP contribution in [0.4, 0.5) is 18.9 Å². The Morgan fingerprint density at radius 2 is 1.86 bits per heavy atom. The third kappa shape index (κ3) is 5.00. The molecule has 1 heterocycles. The van der Waals surface area contributed by atoms with Crippen molar-refractivity contribution in [2.24, 2.45) is 5.10 Å². The lowest BCUT2D eigenvalue weighted by atomic mass is 10.2. The summed E-state index contributed by atoms with van der Waals surface area (Å²) in [6, 6.07) is 9.17. The highest BCUT2D eigenvalue weighted by molar-refractivity contribution is 6.03. The molecule has 7 nitrogen and oxygen atoms in total. The van der Waals surface area contributed by atoms with Crippen LogP contribution in [-0.2, 0) is 15.8 Å². The van der Waals surface area contributed by atoms with E-state index in [1.54, 1.807) is 18.2 Å². The maximum atomic E-state index is 12.7. The zero-order chi connectivity index (χ0) is 20.1. The fourth-order valence-corrected chi connectivity index (χ4v) is 2.34. The number of hydrogen-bond donors (Lipinski definition) is 2. The van der Waals surface area contributed by atoms with Crippen molar-refractivity contribution in [1.29, 1.82) is 0 Å². The Labute approximate surface area is 157 Å². The summed E-state index contributed by atoms with van der Waals surface area (Å²) < 4.78 is 48.4. The predicted octanol–water partition coefficient (Wildman–Crippen LogP) is 2.91. The first-order chi connectivity index (χ1) is 13.3. The van der Waals surface area contributed by atoms with Crippen molar-refractivity contribution < 1.29 is 32.2 Å². The zero-order valence-electron chi connectivity index (χ0n) is 14.2. The molecule has 2 aromatic carbocycles. The fourth-order valence-electron chi connectivity index (χ4n) is 2.34. The minimum atomic E-state index is -4.53. The van der Waals surface area contributed by atoms with E-state index in [4.69, 9.17) is 9.47 Å². The second-order valence-electron chi connectivity index (χ2n) is 5.71. The first-order valence-corrected chi connectivity index (χ1v) is 8.00. The summed E-state index contributed by atoms with van der Waals surface area (Å²) in [5.41, 5.74) is 1.85. The Hall–Kier alpha value is -3.56. The first kappa shape index (κ1) is 19.2. The van der Waals surface area contributed by atoms with Gasteiger partial charge in [0.05, 0.1) is 11.8 Å². The van der Waals surface area contributed by atoms with Gasteiger partial charge in [0.1, 0.15) is 6.42 Å². The van der Waals surface area contributed by atoms with Crippen LogP contribution < -0.4 is 20.2 Å². The molecule has 146 valence electrons. The van der Waals surface area contributed by atoms with Gasteiger partial charge in [-0.05, 0) is 42.0 Å². The number of halogens is 3. The van der Waals surface area contributed by atoms with E-state index in [1.165, 1.54) is 12.3 Å². The highest BCUT2D eigenvalue weighted by Gasteiger charge is 2.30. The lowest BCUT2D eigenvalue weighted by Gasteiger charge is -2.09. The summed E-state index contributed by atoms with van der Waals surface area (Å²) >= 11 is 0. The molecule has 0 radical (unpaired) electrons. The van der Waals surface area contributed by atoms with Gasteiger partial charge in [-0.3, -0.25) is 9.59 Å². The van der Waals surface area contributed by atoms with Gasteiger partial charge in [0.25, 0.3) is 0 Å². The summed E-state index contributed by atoms with van der Waals surface area (Å²) in [7, 11) is 0. The van der Waals surface area contributed by atoms with E-state index in [1.807, 2.05) is 0 Å².